The zero-order valence-corrected chi connectivity index (χ0v) is 14.5. The van der Waals surface area contributed by atoms with Gasteiger partial charge in [-0.2, -0.15) is 0 Å². The highest BCUT2D eigenvalue weighted by atomic mass is 16.3. The number of furan rings is 1. The summed E-state index contributed by atoms with van der Waals surface area (Å²) in [5, 5.41) is 7.30. The third-order valence-electron chi connectivity index (χ3n) is 5.28. The molecule has 0 unspecified atom stereocenters. The van der Waals surface area contributed by atoms with Crippen LogP contribution in [-0.2, 0) is 0 Å². The second kappa shape index (κ2) is 5.42. The molecule has 0 spiro atoms. The molecule has 6 aromatic rings. The highest BCUT2D eigenvalue weighted by Crippen LogP contribution is 2.37. The van der Waals surface area contributed by atoms with Crippen molar-refractivity contribution in [2.75, 3.05) is 0 Å². The predicted octanol–water partition coefficient (Wildman–Crippen LogP) is 6.95. The Balaban J connectivity index is 1.69. The average molecular weight is 345 g/mol. The summed E-state index contributed by atoms with van der Waals surface area (Å²) in [5.74, 6) is 0. The van der Waals surface area contributed by atoms with E-state index < -0.39 is 0 Å². The van der Waals surface area contributed by atoms with Gasteiger partial charge in [-0.1, -0.05) is 42.5 Å². The van der Waals surface area contributed by atoms with E-state index in [2.05, 4.69) is 71.7 Å². The van der Waals surface area contributed by atoms with E-state index in [1.54, 1.807) is 0 Å². The van der Waals surface area contributed by atoms with Gasteiger partial charge in [0.1, 0.15) is 11.2 Å². The van der Waals surface area contributed by atoms with Crippen LogP contribution in [0.1, 0.15) is 0 Å². The first-order valence-corrected chi connectivity index (χ1v) is 9.06. The van der Waals surface area contributed by atoms with Crippen LogP contribution >= 0.6 is 0 Å². The smallest absolute Gasteiger partial charge is 0.136 e. The number of pyridine rings is 1. The number of benzene rings is 4. The second-order valence-corrected chi connectivity index (χ2v) is 6.89. The summed E-state index contributed by atoms with van der Waals surface area (Å²) < 4.78 is 6.21. The van der Waals surface area contributed by atoms with Gasteiger partial charge in [-0.15, -0.1) is 0 Å². The van der Waals surface area contributed by atoms with Crippen LogP contribution in [0.25, 0.3) is 54.7 Å². The third kappa shape index (κ3) is 2.17. The van der Waals surface area contributed by atoms with Gasteiger partial charge in [-0.25, -0.2) is 0 Å². The van der Waals surface area contributed by atoms with Gasteiger partial charge >= 0.3 is 0 Å². The lowest BCUT2D eigenvalue weighted by Gasteiger charge is -2.04. The van der Waals surface area contributed by atoms with Crippen molar-refractivity contribution in [3.05, 3.63) is 91.1 Å². The molecule has 2 heterocycles. The molecule has 0 amide bonds. The van der Waals surface area contributed by atoms with Crippen molar-refractivity contribution in [1.82, 2.24) is 4.98 Å². The van der Waals surface area contributed by atoms with Gasteiger partial charge in [0.25, 0.3) is 0 Å². The number of hydrogen-bond donors (Lipinski definition) is 0. The molecule has 0 saturated carbocycles. The molecular formula is C25H15NO. The molecule has 4 aromatic carbocycles. The van der Waals surface area contributed by atoms with Gasteiger partial charge in [-0.3, -0.25) is 4.98 Å². The topological polar surface area (TPSA) is 26.0 Å². The maximum atomic E-state index is 6.21. The summed E-state index contributed by atoms with van der Waals surface area (Å²) in [7, 11) is 0. The Labute approximate surface area is 155 Å². The van der Waals surface area contributed by atoms with Crippen LogP contribution in [-0.4, -0.2) is 4.98 Å². The van der Waals surface area contributed by atoms with E-state index >= 15 is 0 Å². The van der Waals surface area contributed by atoms with Crippen molar-refractivity contribution in [2.45, 2.75) is 0 Å². The van der Waals surface area contributed by atoms with E-state index in [1.165, 1.54) is 26.9 Å². The molecule has 0 fully saturated rings. The van der Waals surface area contributed by atoms with Crippen LogP contribution in [0.5, 0.6) is 0 Å². The molecule has 0 radical (unpaired) electrons. The first-order valence-electron chi connectivity index (χ1n) is 9.06. The molecule has 0 aliphatic rings. The zero-order valence-electron chi connectivity index (χ0n) is 14.5. The van der Waals surface area contributed by atoms with E-state index in [4.69, 9.17) is 4.42 Å². The lowest BCUT2D eigenvalue weighted by molar-refractivity contribution is 0.669. The lowest BCUT2D eigenvalue weighted by Crippen LogP contribution is -1.81. The van der Waals surface area contributed by atoms with Gasteiger partial charge in [-0.05, 0) is 64.0 Å². The lowest BCUT2D eigenvalue weighted by atomic mass is 9.99. The Hall–Kier alpha value is -3.65. The molecule has 126 valence electrons. The SMILES string of the molecule is c1ccc(-c2ccc3c(c2)oc2ccc4cc5ccccc5cc4c23)nc1. The van der Waals surface area contributed by atoms with Crippen LogP contribution in [0.2, 0.25) is 0 Å². The molecule has 0 aliphatic heterocycles. The first kappa shape index (κ1) is 14.5. The van der Waals surface area contributed by atoms with Crippen molar-refractivity contribution in [3.63, 3.8) is 0 Å². The molecule has 2 heteroatoms. The fourth-order valence-corrected chi connectivity index (χ4v) is 3.98. The van der Waals surface area contributed by atoms with Crippen LogP contribution in [0, 0.1) is 0 Å². The molecule has 6 rings (SSSR count). The Kier molecular flexibility index (Phi) is 2.91. The van der Waals surface area contributed by atoms with Gasteiger partial charge in [0.05, 0.1) is 5.69 Å². The van der Waals surface area contributed by atoms with Gasteiger partial charge < -0.3 is 4.42 Å². The molecule has 0 atom stereocenters. The number of fused-ring (bicyclic) bond motifs is 6. The van der Waals surface area contributed by atoms with Crippen LogP contribution in [0.3, 0.4) is 0 Å². The highest BCUT2D eigenvalue weighted by Gasteiger charge is 2.12. The van der Waals surface area contributed by atoms with Crippen molar-refractivity contribution in [3.8, 4) is 11.3 Å². The number of aromatic nitrogens is 1. The van der Waals surface area contributed by atoms with Gasteiger partial charge in [0, 0.05) is 22.5 Å². The van der Waals surface area contributed by atoms with Crippen molar-refractivity contribution in [2.24, 2.45) is 0 Å². The second-order valence-electron chi connectivity index (χ2n) is 6.89. The molecule has 2 aromatic heterocycles. The van der Waals surface area contributed by atoms with Crippen molar-refractivity contribution in [1.29, 1.82) is 0 Å². The standard InChI is InChI=1S/C25H15NO/c1-2-6-17-14-21-18(13-16(17)5-1)9-11-23-25(21)20-10-8-19(15-24(20)27-23)22-7-3-4-12-26-22/h1-15H. The van der Waals surface area contributed by atoms with Crippen LogP contribution in [0.15, 0.2) is 95.5 Å². The van der Waals surface area contributed by atoms with E-state index in [1.807, 2.05) is 24.4 Å². The Morgan fingerprint density at radius 2 is 1.44 bits per heavy atom. The normalized spacial score (nSPS) is 11.7. The fourth-order valence-electron chi connectivity index (χ4n) is 3.98. The number of hydrogen-bond acceptors (Lipinski definition) is 2. The predicted molar refractivity (Wildman–Crippen MR) is 112 cm³/mol. The molecule has 2 nitrogen and oxygen atoms in total. The minimum Gasteiger partial charge on any atom is -0.456 e. The Morgan fingerprint density at radius 1 is 0.593 bits per heavy atom. The van der Waals surface area contributed by atoms with E-state index in [0.717, 1.165) is 27.8 Å². The number of rotatable bonds is 1. The highest BCUT2D eigenvalue weighted by molar-refractivity contribution is 6.21. The zero-order chi connectivity index (χ0) is 17.8. The van der Waals surface area contributed by atoms with Crippen molar-refractivity contribution >= 4 is 43.5 Å². The van der Waals surface area contributed by atoms with E-state index in [-0.39, 0.29) is 0 Å². The maximum absolute atomic E-state index is 6.21. The number of nitrogens with zero attached hydrogens (tertiary/aromatic N) is 1. The molecule has 0 bridgehead atoms. The minimum absolute atomic E-state index is 0.897. The molecule has 0 saturated heterocycles. The molecule has 0 aliphatic carbocycles. The summed E-state index contributed by atoms with van der Waals surface area (Å²) >= 11 is 0. The summed E-state index contributed by atoms with van der Waals surface area (Å²) in [6.07, 6.45) is 1.82. The largest absolute Gasteiger partial charge is 0.456 e. The van der Waals surface area contributed by atoms with E-state index in [0.29, 0.717) is 0 Å². The average Bonchev–Trinajstić information content (AvgIpc) is 3.11. The fraction of sp³-hybridized carbons (Fsp3) is 0. The third-order valence-corrected chi connectivity index (χ3v) is 5.28. The minimum atomic E-state index is 0.897. The molecule has 0 N–H and O–H groups in total. The van der Waals surface area contributed by atoms with E-state index in [9.17, 15) is 0 Å². The Morgan fingerprint density at radius 3 is 2.30 bits per heavy atom. The molecular weight excluding hydrogens is 330 g/mol. The summed E-state index contributed by atoms with van der Waals surface area (Å²) in [6.45, 7) is 0. The Bertz CT molecular complexity index is 1460. The summed E-state index contributed by atoms with van der Waals surface area (Å²) in [4.78, 5) is 4.45. The summed E-state index contributed by atoms with van der Waals surface area (Å²) in [6, 6.07) is 29.6. The van der Waals surface area contributed by atoms with Gasteiger partial charge in [0.2, 0.25) is 0 Å². The van der Waals surface area contributed by atoms with Crippen molar-refractivity contribution < 1.29 is 4.42 Å². The monoisotopic (exact) mass is 345 g/mol. The molecule has 27 heavy (non-hydrogen) atoms. The van der Waals surface area contributed by atoms with Gasteiger partial charge in [0.15, 0.2) is 0 Å². The van der Waals surface area contributed by atoms with Crippen LogP contribution in [0.4, 0.5) is 0 Å². The maximum Gasteiger partial charge on any atom is 0.136 e. The quantitative estimate of drug-likeness (QED) is 0.301. The van der Waals surface area contributed by atoms with Crippen LogP contribution < -0.4 is 0 Å². The summed E-state index contributed by atoms with van der Waals surface area (Å²) in [5.41, 5.74) is 3.84. The first-order chi connectivity index (χ1) is 13.4.